The highest BCUT2D eigenvalue weighted by Gasteiger charge is 2.27. The topological polar surface area (TPSA) is 102 Å². The highest BCUT2D eigenvalue weighted by molar-refractivity contribution is 7.91. The molecule has 0 aliphatic carbocycles. The molecule has 0 radical (unpaired) electrons. The molecule has 0 bridgehead atoms. The van der Waals surface area contributed by atoms with Crippen LogP contribution in [0.2, 0.25) is 0 Å². The Balaban J connectivity index is 1.26. The standard InChI is InChI=1S/C25H26N2O6S2/c28-23(26-19-8-7-11-21(16-19)33-20-9-3-1-4-10-20)18-32-24(29)17-22-12-13-25(34-22)35(30,31)27-14-5-2-6-15-27/h1,3-4,7-13,16H,2,5-6,14-15,17-18H2,(H,26,28). The summed E-state index contributed by atoms with van der Waals surface area (Å²) in [5.41, 5.74) is 0.505. The maximum atomic E-state index is 12.8. The van der Waals surface area contributed by atoms with E-state index in [1.807, 2.05) is 30.3 Å². The molecule has 0 atom stereocenters. The molecule has 1 amide bonds. The van der Waals surface area contributed by atoms with Crippen LogP contribution >= 0.6 is 11.3 Å². The first kappa shape index (κ1) is 24.9. The smallest absolute Gasteiger partial charge is 0.311 e. The van der Waals surface area contributed by atoms with Gasteiger partial charge in [0.1, 0.15) is 15.7 Å². The molecule has 8 nitrogen and oxygen atoms in total. The zero-order valence-corrected chi connectivity index (χ0v) is 20.6. The summed E-state index contributed by atoms with van der Waals surface area (Å²) >= 11 is 1.06. The van der Waals surface area contributed by atoms with Crippen molar-refractivity contribution >= 4 is 38.9 Å². The van der Waals surface area contributed by atoms with Crippen LogP contribution in [-0.4, -0.2) is 44.3 Å². The quantitative estimate of drug-likeness (QED) is 0.424. The third kappa shape index (κ3) is 6.91. The second-order valence-corrected chi connectivity index (χ2v) is 11.3. The molecule has 0 unspecified atom stereocenters. The Morgan fingerprint density at radius 3 is 2.43 bits per heavy atom. The zero-order chi connectivity index (χ0) is 24.7. The molecule has 1 fully saturated rings. The summed E-state index contributed by atoms with van der Waals surface area (Å²) < 4.78 is 38.1. The summed E-state index contributed by atoms with van der Waals surface area (Å²) in [6.45, 7) is 0.592. The maximum absolute atomic E-state index is 12.8. The number of anilines is 1. The number of hydrogen-bond donors (Lipinski definition) is 1. The molecule has 1 aliphatic rings. The van der Waals surface area contributed by atoms with E-state index in [-0.39, 0.29) is 10.6 Å². The number of ether oxygens (including phenoxy) is 2. The van der Waals surface area contributed by atoms with Gasteiger partial charge in [0.25, 0.3) is 15.9 Å². The largest absolute Gasteiger partial charge is 0.457 e. The van der Waals surface area contributed by atoms with Crippen molar-refractivity contribution in [3.63, 3.8) is 0 Å². The van der Waals surface area contributed by atoms with Crippen molar-refractivity contribution in [2.75, 3.05) is 25.0 Å². The van der Waals surface area contributed by atoms with Crippen LogP contribution in [0.25, 0.3) is 0 Å². The van der Waals surface area contributed by atoms with Crippen molar-refractivity contribution in [1.29, 1.82) is 0 Å². The zero-order valence-electron chi connectivity index (χ0n) is 19.0. The van der Waals surface area contributed by atoms with Gasteiger partial charge in [-0.15, -0.1) is 11.3 Å². The molecular formula is C25H26N2O6S2. The van der Waals surface area contributed by atoms with Crippen LogP contribution in [0.1, 0.15) is 24.1 Å². The van der Waals surface area contributed by atoms with Crippen LogP contribution in [0.5, 0.6) is 11.5 Å². The van der Waals surface area contributed by atoms with Gasteiger partial charge < -0.3 is 14.8 Å². The molecule has 10 heteroatoms. The fourth-order valence-electron chi connectivity index (χ4n) is 3.62. The summed E-state index contributed by atoms with van der Waals surface area (Å²) in [7, 11) is -3.54. The van der Waals surface area contributed by atoms with Gasteiger partial charge in [-0.05, 0) is 49.2 Å². The normalized spacial score (nSPS) is 14.3. The predicted molar refractivity (Wildman–Crippen MR) is 133 cm³/mol. The number of hydrogen-bond acceptors (Lipinski definition) is 7. The number of amides is 1. The Bertz CT molecular complexity index is 1270. The Kier molecular flexibility index (Phi) is 8.17. The van der Waals surface area contributed by atoms with Gasteiger partial charge in [-0.1, -0.05) is 30.7 Å². The highest BCUT2D eigenvalue weighted by atomic mass is 32.2. The number of sulfonamides is 1. The van der Waals surface area contributed by atoms with E-state index in [0.29, 0.717) is 35.2 Å². The van der Waals surface area contributed by atoms with E-state index in [1.165, 1.54) is 10.4 Å². The van der Waals surface area contributed by atoms with E-state index >= 15 is 0 Å². The third-order valence-corrected chi connectivity index (χ3v) is 8.78. The number of carbonyl (C=O) groups excluding carboxylic acids is 2. The average Bonchev–Trinajstić information content (AvgIpc) is 3.33. The van der Waals surface area contributed by atoms with E-state index < -0.39 is 28.5 Å². The van der Waals surface area contributed by atoms with E-state index in [2.05, 4.69) is 5.32 Å². The van der Waals surface area contributed by atoms with Crippen molar-refractivity contribution in [2.24, 2.45) is 0 Å². The Morgan fingerprint density at radius 1 is 0.914 bits per heavy atom. The van der Waals surface area contributed by atoms with Crippen molar-refractivity contribution in [1.82, 2.24) is 4.31 Å². The molecule has 2 heterocycles. The van der Waals surface area contributed by atoms with Crippen molar-refractivity contribution < 1.29 is 27.5 Å². The number of thiophene rings is 1. The number of benzene rings is 2. The van der Waals surface area contributed by atoms with E-state index in [9.17, 15) is 18.0 Å². The van der Waals surface area contributed by atoms with Crippen LogP contribution in [0.15, 0.2) is 70.9 Å². The lowest BCUT2D eigenvalue weighted by molar-refractivity contribution is -0.146. The minimum Gasteiger partial charge on any atom is -0.457 e. The summed E-state index contributed by atoms with van der Waals surface area (Å²) in [6, 6.07) is 19.3. The fourth-order valence-corrected chi connectivity index (χ4v) is 6.64. The lowest BCUT2D eigenvalue weighted by atomic mass is 10.2. The molecule has 35 heavy (non-hydrogen) atoms. The minimum atomic E-state index is -3.54. The summed E-state index contributed by atoms with van der Waals surface area (Å²) in [6.07, 6.45) is 2.65. The van der Waals surface area contributed by atoms with Crippen molar-refractivity contribution in [3.05, 3.63) is 71.6 Å². The van der Waals surface area contributed by atoms with Gasteiger partial charge in [-0.3, -0.25) is 9.59 Å². The SMILES string of the molecule is O=C(COC(=O)Cc1ccc(S(=O)(=O)N2CCCCC2)s1)Nc1cccc(Oc2ccccc2)c1. The third-order valence-electron chi connectivity index (χ3n) is 5.33. The fraction of sp³-hybridized carbons (Fsp3) is 0.280. The number of carbonyl (C=O) groups is 2. The lowest BCUT2D eigenvalue weighted by Gasteiger charge is -2.25. The number of piperidine rings is 1. The first-order chi connectivity index (χ1) is 16.9. The van der Waals surface area contributed by atoms with Gasteiger partial charge in [0.15, 0.2) is 6.61 Å². The lowest BCUT2D eigenvalue weighted by Crippen LogP contribution is -2.35. The number of nitrogens with zero attached hydrogens (tertiary/aromatic N) is 1. The summed E-state index contributed by atoms with van der Waals surface area (Å²) in [5.74, 6) is 0.129. The maximum Gasteiger partial charge on any atom is 0.311 e. The van der Waals surface area contributed by atoms with Gasteiger partial charge in [-0.25, -0.2) is 8.42 Å². The van der Waals surface area contributed by atoms with Crippen LogP contribution in [0.3, 0.4) is 0 Å². The number of rotatable bonds is 9. The van der Waals surface area contributed by atoms with E-state index in [4.69, 9.17) is 9.47 Å². The average molecular weight is 515 g/mol. The minimum absolute atomic E-state index is 0.103. The van der Waals surface area contributed by atoms with Gasteiger partial charge in [-0.2, -0.15) is 4.31 Å². The van der Waals surface area contributed by atoms with Crippen LogP contribution in [0.4, 0.5) is 5.69 Å². The molecule has 4 rings (SSSR count). The van der Waals surface area contributed by atoms with Crippen LogP contribution in [-0.2, 0) is 30.8 Å². The number of nitrogens with one attached hydrogen (secondary N) is 1. The molecule has 0 spiro atoms. The number of esters is 1. The number of para-hydroxylation sites is 1. The molecule has 1 aromatic heterocycles. The van der Waals surface area contributed by atoms with E-state index in [1.54, 1.807) is 30.3 Å². The second-order valence-electron chi connectivity index (χ2n) is 8.01. The predicted octanol–water partition coefficient (Wildman–Crippen LogP) is 4.44. The summed E-state index contributed by atoms with van der Waals surface area (Å²) in [5, 5.41) is 2.67. The van der Waals surface area contributed by atoms with Gasteiger partial charge >= 0.3 is 5.97 Å². The van der Waals surface area contributed by atoms with Gasteiger partial charge in [0.05, 0.1) is 6.42 Å². The highest BCUT2D eigenvalue weighted by Crippen LogP contribution is 2.27. The van der Waals surface area contributed by atoms with E-state index in [0.717, 1.165) is 30.6 Å². The monoisotopic (exact) mass is 514 g/mol. The Morgan fingerprint density at radius 2 is 1.66 bits per heavy atom. The molecule has 184 valence electrons. The molecule has 3 aromatic rings. The first-order valence-corrected chi connectivity index (χ1v) is 13.5. The summed E-state index contributed by atoms with van der Waals surface area (Å²) in [4.78, 5) is 25.0. The molecule has 1 aliphatic heterocycles. The molecular weight excluding hydrogens is 488 g/mol. The van der Waals surface area contributed by atoms with Crippen molar-refractivity contribution in [2.45, 2.75) is 29.9 Å². The Labute approximate surface area is 208 Å². The van der Waals surface area contributed by atoms with Gasteiger partial charge in [0.2, 0.25) is 0 Å². The van der Waals surface area contributed by atoms with Gasteiger partial charge in [0, 0.05) is 29.7 Å². The molecule has 1 saturated heterocycles. The second kappa shape index (κ2) is 11.5. The van der Waals surface area contributed by atoms with Crippen LogP contribution < -0.4 is 10.1 Å². The first-order valence-electron chi connectivity index (χ1n) is 11.3. The van der Waals surface area contributed by atoms with Crippen LogP contribution in [0, 0.1) is 0 Å². The van der Waals surface area contributed by atoms with Crippen molar-refractivity contribution in [3.8, 4) is 11.5 Å². The molecule has 2 aromatic carbocycles. The Hall–Kier alpha value is -3.21. The molecule has 0 saturated carbocycles. The molecule has 1 N–H and O–H groups in total.